The summed E-state index contributed by atoms with van der Waals surface area (Å²) >= 11 is 0. The molecule has 3 heteroatoms. The maximum Gasteiger partial charge on any atom is 0.185 e. The second-order valence-electron chi connectivity index (χ2n) is 4.89. The summed E-state index contributed by atoms with van der Waals surface area (Å²) in [6.07, 6.45) is 5.16. The van der Waals surface area contributed by atoms with Gasteiger partial charge in [-0.15, -0.1) is 0 Å². The Bertz CT molecular complexity index is 572. The topological polar surface area (TPSA) is 42.2 Å². The van der Waals surface area contributed by atoms with E-state index >= 15 is 0 Å². The van der Waals surface area contributed by atoms with Crippen LogP contribution in [-0.2, 0) is 19.4 Å². The normalized spacial score (nSPS) is 13.9. The van der Waals surface area contributed by atoms with Gasteiger partial charge >= 0.3 is 0 Å². The van der Waals surface area contributed by atoms with E-state index in [2.05, 4.69) is 5.32 Å². The summed E-state index contributed by atoms with van der Waals surface area (Å²) in [5.74, 6) is 1.51. The molecule has 19 heavy (non-hydrogen) atoms. The SMILES string of the molecule is O=Cc1oc2c(c1CNc1ccccc1)CCCC2. The van der Waals surface area contributed by atoms with Crippen molar-refractivity contribution in [1.82, 2.24) is 0 Å². The van der Waals surface area contributed by atoms with Crippen molar-refractivity contribution in [1.29, 1.82) is 0 Å². The molecule has 1 N–H and O–H groups in total. The first-order valence-corrected chi connectivity index (χ1v) is 6.76. The van der Waals surface area contributed by atoms with Crippen LogP contribution in [-0.4, -0.2) is 6.29 Å². The van der Waals surface area contributed by atoms with Crippen molar-refractivity contribution in [3.63, 3.8) is 0 Å². The zero-order valence-electron chi connectivity index (χ0n) is 10.8. The fourth-order valence-corrected chi connectivity index (χ4v) is 2.69. The summed E-state index contributed by atoms with van der Waals surface area (Å²) in [6, 6.07) is 10.0. The van der Waals surface area contributed by atoms with E-state index in [9.17, 15) is 4.79 Å². The Morgan fingerprint density at radius 2 is 1.95 bits per heavy atom. The number of aryl methyl sites for hydroxylation is 1. The molecular formula is C16H17NO2. The number of nitrogens with one attached hydrogen (secondary N) is 1. The average molecular weight is 255 g/mol. The Morgan fingerprint density at radius 1 is 1.16 bits per heavy atom. The zero-order chi connectivity index (χ0) is 13.1. The minimum atomic E-state index is 0.496. The number of benzene rings is 1. The summed E-state index contributed by atoms with van der Waals surface area (Å²) in [4.78, 5) is 11.1. The molecule has 1 aliphatic rings. The van der Waals surface area contributed by atoms with Crippen molar-refractivity contribution < 1.29 is 9.21 Å². The minimum absolute atomic E-state index is 0.496. The number of aldehydes is 1. The molecule has 3 nitrogen and oxygen atoms in total. The highest BCUT2D eigenvalue weighted by atomic mass is 16.3. The molecule has 1 aliphatic carbocycles. The Morgan fingerprint density at radius 3 is 2.74 bits per heavy atom. The number of para-hydroxylation sites is 1. The van der Waals surface area contributed by atoms with Crippen molar-refractivity contribution in [3.8, 4) is 0 Å². The van der Waals surface area contributed by atoms with Crippen LogP contribution in [0.15, 0.2) is 34.7 Å². The fraction of sp³-hybridized carbons (Fsp3) is 0.312. The molecule has 0 unspecified atom stereocenters. The molecule has 0 bridgehead atoms. The third-order valence-corrected chi connectivity index (χ3v) is 3.66. The third kappa shape index (κ3) is 2.41. The minimum Gasteiger partial charge on any atom is -0.458 e. The number of carbonyl (C=O) groups is 1. The first-order valence-electron chi connectivity index (χ1n) is 6.76. The molecule has 2 aromatic rings. The van der Waals surface area contributed by atoms with Gasteiger partial charge in [0.2, 0.25) is 0 Å². The summed E-state index contributed by atoms with van der Waals surface area (Å²) in [5.41, 5.74) is 3.34. The van der Waals surface area contributed by atoms with Crippen molar-refractivity contribution in [2.75, 3.05) is 5.32 Å². The van der Waals surface area contributed by atoms with Crippen LogP contribution in [0.3, 0.4) is 0 Å². The van der Waals surface area contributed by atoms with Gasteiger partial charge < -0.3 is 9.73 Å². The molecule has 0 radical (unpaired) electrons. The molecule has 1 heterocycles. The molecule has 3 rings (SSSR count). The monoisotopic (exact) mass is 255 g/mol. The summed E-state index contributed by atoms with van der Waals surface area (Å²) in [7, 11) is 0. The lowest BCUT2D eigenvalue weighted by Crippen LogP contribution is -2.06. The van der Waals surface area contributed by atoms with Crippen LogP contribution < -0.4 is 5.32 Å². The van der Waals surface area contributed by atoms with Gasteiger partial charge in [-0.05, 0) is 37.0 Å². The van der Waals surface area contributed by atoms with Crippen LogP contribution in [0.25, 0.3) is 0 Å². The van der Waals surface area contributed by atoms with E-state index in [0.29, 0.717) is 12.3 Å². The number of furan rings is 1. The van der Waals surface area contributed by atoms with Gasteiger partial charge in [-0.3, -0.25) is 4.79 Å². The molecule has 0 saturated carbocycles. The second kappa shape index (κ2) is 5.31. The highest BCUT2D eigenvalue weighted by molar-refractivity contribution is 5.74. The number of fused-ring (bicyclic) bond motifs is 1. The van der Waals surface area contributed by atoms with Crippen LogP contribution in [0.4, 0.5) is 5.69 Å². The molecule has 0 spiro atoms. The molecule has 0 atom stereocenters. The fourth-order valence-electron chi connectivity index (χ4n) is 2.69. The number of rotatable bonds is 4. The van der Waals surface area contributed by atoms with Crippen molar-refractivity contribution in [2.45, 2.75) is 32.2 Å². The zero-order valence-corrected chi connectivity index (χ0v) is 10.8. The number of anilines is 1. The smallest absolute Gasteiger partial charge is 0.185 e. The van der Waals surface area contributed by atoms with Gasteiger partial charge in [0.25, 0.3) is 0 Å². The molecule has 1 aromatic carbocycles. The molecular weight excluding hydrogens is 238 g/mol. The Labute approximate surface area is 112 Å². The number of hydrogen-bond acceptors (Lipinski definition) is 3. The van der Waals surface area contributed by atoms with Crippen LogP contribution in [0.2, 0.25) is 0 Å². The first-order chi connectivity index (χ1) is 9.38. The molecule has 0 saturated heterocycles. The van der Waals surface area contributed by atoms with E-state index in [1.807, 2.05) is 30.3 Å². The Hall–Kier alpha value is -2.03. The Balaban J connectivity index is 1.83. The summed E-state index contributed by atoms with van der Waals surface area (Å²) in [6.45, 7) is 0.650. The van der Waals surface area contributed by atoms with E-state index in [0.717, 1.165) is 42.6 Å². The van der Waals surface area contributed by atoms with E-state index in [1.165, 1.54) is 12.0 Å². The van der Waals surface area contributed by atoms with E-state index in [-0.39, 0.29) is 0 Å². The largest absolute Gasteiger partial charge is 0.458 e. The van der Waals surface area contributed by atoms with Crippen molar-refractivity contribution in [3.05, 3.63) is 53.0 Å². The van der Waals surface area contributed by atoms with Crippen LogP contribution in [0, 0.1) is 0 Å². The molecule has 1 aromatic heterocycles. The summed E-state index contributed by atoms with van der Waals surface area (Å²) in [5, 5.41) is 3.35. The van der Waals surface area contributed by atoms with E-state index in [4.69, 9.17) is 4.42 Å². The van der Waals surface area contributed by atoms with Crippen LogP contribution >= 0.6 is 0 Å². The molecule has 0 amide bonds. The van der Waals surface area contributed by atoms with Gasteiger partial charge in [0, 0.05) is 24.2 Å². The molecule has 0 fully saturated rings. The first kappa shape index (κ1) is 12.0. The number of hydrogen-bond donors (Lipinski definition) is 1. The van der Waals surface area contributed by atoms with Crippen molar-refractivity contribution in [2.24, 2.45) is 0 Å². The maximum absolute atomic E-state index is 11.1. The van der Waals surface area contributed by atoms with Gasteiger partial charge in [-0.25, -0.2) is 0 Å². The quantitative estimate of drug-likeness (QED) is 0.849. The highest BCUT2D eigenvalue weighted by Gasteiger charge is 2.21. The predicted octanol–water partition coefficient (Wildman–Crippen LogP) is 3.58. The standard InChI is InChI=1S/C16H17NO2/c18-11-16-14(10-17-12-6-2-1-3-7-12)13-8-4-5-9-15(13)19-16/h1-3,6-7,11,17H,4-5,8-10H2. The van der Waals surface area contributed by atoms with Crippen LogP contribution in [0.5, 0.6) is 0 Å². The van der Waals surface area contributed by atoms with Crippen molar-refractivity contribution >= 4 is 12.0 Å². The van der Waals surface area contributed by atoms with Gasteiger partial charge in [-0.2, -0.15) is 0 Å². The molecule has 98 valence electrons. The maximum atomic E-state index is 11.1. The van der Waals surface area contributed by atoms with Gasteiger partial charge in [0.15, 0.2) is 12.0 Å². The average Bonchev–Trinajstić information content (AvgIpc) is 2.84. The second-order valence-corrected chi connectivity index (χ2v) is 4.89. The van der Waals surface area contributed by atoms with E-state index < -0.39 is 0 Å². The summed E-state index contributed by atoms with van der Waals surface area (Å²) < 4.78 is 5.67. The molecule has 0 aliphatic heterocycles. The third-order valence-electron chi connectivity index (χ3n) is 3.66. The van der Waals surface area contributed by atoms with Crippen LogP contribution in [0.1, 0.15) is 40.3 Å². The van der Waals surface area contributed by atoms with Gasteiger partial charge in [-0.1, -0.05) is 18.2 Å². The lowest BCUT2D eigenvalue weighted by atomic mass is 9.94. The lowest BCUT2D eigenvalue weighted by Gasteiger charge is -2.12. The highest BCUT2D eigenvalue weighted by Crippen LogP contribution is 2.29. The number of carbonyl (C=O) groups excluding carboxylic acids is 1. The predicted molar refractivity (Wildman–Crippen MR) is 74.5 cm³/mol. The van der Waals surface area contributed by atoms with Gasteiger partial charge in [0.1, 0.15) is 5.76 Å². The Kier molecular flexibility index (Phi) is 3.36. The van der Waals surface area contributed by atoms with Gasteiger partial charge in [0.05, 0.1) is 0 Å². The van der Waals surface area contributed by atoms with E-state index in [1.54, 1.807) is 0 Å². The lowest BCUT2D eigenvalue weighted by molar-refractivity contribution is 0.109.